The second-order valence-electron chi connectivity index (χ2n) is 5.54. The van der Waals surface area contributed by atoms with E-state index >= 15 is 0 Å². The maximum atomic E-state index is 13.3. The minimum atomic E-state index is -0.382. The molecule has 0 aromatic heterocycles. The first kappa shape index (κ1) is 18.6. The number of carbonyl (C=O) groups is 1. The molecule has 0 heterocycles. The maximum Gasteiger partial charge on any atom is 0.319 e. The third-order valence-corrected chi connectivity index (χ3v) is 3.77. The van der Waals surface area contributed by atoms with Gasteiger partial charge in [0, 0.05) is 23.9 Å². The van der Waals surface area contributed by atoms with Gasteiger partial charge in [-0.1, -0.05) is 19.9 Å². The molecule has 134 valence electrons. The van der Waals surface area contributed by atoms with Gasteiger partial charge in [0.05, 0.1) is 7.11 Å². The van der Waals surface area contributed by atoms with Gasteiger partial charge in [0.2, 0.25) is 0 Å². The topological polar surface area (TPSA) is 59.6 Å². The van der Waals surface area contributed by atoms with Crippen LogP contribution in [0.4, 0.5) is 14.9 Å². The minimum absolute atomic E-state index is 0.137. The van der Waals surface area contributed by atoms with Gasteiger partial charge in [-0.15, -0.1) is 0 Å². The SMILES string of the molecule is CCC(CC)NC(=O)Nc1ccc(Oc2cccc(F)c2)c(OC)c1. The van der Waals surface area contributed by atoms with E-state index in [0.29, 0.717) is 22.9 Å². The van der Waals surface area contributed by atoms with Gasteiger partial charge in [0.15, 0.2) is 11.5 Å². The summed E-state index contributed by atoms with van der Waals surface area (Å²) in [5.74, 6) is 0.849. The highest BCUT2D eigenvalue weighted by atomic mass is 19.1. The lowest BCUT2D eigenvalue weighted by atomic mass is 10.2. The van der Waals surface area contributed by atoms with Gasteiger partial charge >= 0.3 is 6.03 Å². The number of benzene rings is 2. The second-order valence-corrected chi connectivity index (χ2v) is 5.54. The summed E-state index contributed by atoms with van der Waals surface area (Å²) in [5.41, 5.74) is 0.576. The Kier molecular flexibility index (Phi) is 6.62. The zero-order valence-electron chi connectivity index (χ0n) is 14.6. The Morgan fingerprint density at radius 3 is 2.52 bits per heavy atom. The van der Waals surface area contributed by atoms with Crippen LogP contribution in [0, 0.1) is 5.82 Å². The highest BCUT2D eigenvalue weighted by molar-refractivity contribution is 5.89. The van der Waals surface area contributed by atoms with Gasteiger partial charge in [0.25, 0.3) is 0 Å². The van der Waals surface area contributed by atoms with E-state index in [1.165, 1.54) is 19.2 Å². The van der Waals surface area contributed by atoms with E-state index in [1.807, 2.05) is 13.8 Å². The first-order chi connectivity index (χ1) is 12.0. The molecule has 0 fully saturated rings. The Bertz CT molecular complexity index is 718. The molecule has 2 N–H and O–H groups in total. The van der Waals surface area contributed by atoms with Crippen LogP contribution in [0.1, 0.15) is 26.7 Å². The summed E-state index contributed by atoms with van der Waals surface area (Å²) in [6.07, 6.45) is 1.74. The number of hydrogen-bond acceptors (Lipinski definition) is 3. The molecule has 0 unspecified atom stereocenters. The van der Waals surface area contributed by atoms with Crippen LogP contribution in [0.3, 0.4) is 0 Å². The average molecular weight is 346 g/mol. The van der Waals surface area contributed by atoms with E-state index in [0.717, 1.165) is 12.8 Å². The number of carbonyl (C=O) groups excluding carboxylic acids is 1. The fourth-order valence-electron chi connectivity index (χ4n) is 2.33. The van der Waals surface area contributed by atoms with Crippen LogP contribution in [0.5, 0.6) is 17.2 Å². The summed E-state index contributed by atoms with van der Waals surface area (Å²) in [6, 6.07) is 10.7. The normalized spacial score (nSPS) is 10.4. The van der Waals surface area contributed by atoms with Gasteiger partial charge in [0.1, 0.15) is 11.6 Å². The lowest BCUT2D eigenvalue weighted by molar-refractivity contribution is 0.247. The van der Waals surface area contributed by atoms with Crippen molar-refractivity contribution in [2.75, 3.05) is 12.4 Å². The van der Waals surface area contributed by atoms with Gasteiger partial charge in [-0.2, -0.15) is 0 Å². The summed E-state index contributed by atoms with van der Waals surface area (Å²) < 4.78 is 24.2. The Balaban J connectivity index is 2.09. The number of nitrogens with one attached hydrogen (secondary N) is 2. The van der Waals surface area contributed by atoms with Crippen molar-refractivity contribution in [3.05, 3.63) is 48.3 Å². The van der Waals surface area contributed by atoms with Crippen molar-refractivity contribution in [1.29, 1.82) is 0 Å². The van der Waals surface area contributed by atoms with Crippen molar-refractivity contribution in [3.8, 4) is 17.2 Å². The van der Waals surface area contributed by atoms with Crippen LogP contribution in [0.2, 0.25) is 0 Å². The number of halogens is 1. The number of rotatable bonds is 7. The molecule has 0 radical (unpaired) electrons. The van der Waals surface area contributed by atoms with E-state index in [2.05, 4.69) is 10.6 Å². The molecule has 2 rings (SSSR count). The molecule has 0 saturated carbocycles. The predicted octanol–water partition coefficient (Wildman–Crippen LogP) is 4.94. The van der Waals surface area contributed by atoms with Gasteiger partial charge < -0.3 is 20.1 Å². The molecule has 25 heavy (non-hydrogen) atoms. The molecule has 5 nitrogen and oxygen atoms in total. The molecule has 2 amide bonds. The van der Waals surface area contributed by atoms with Crippen LogP contribution in [0.15, 0.2) is 42.5 Å². The minimum Gasteiger partial charge on any atom is -0.493 e. The number of amides is 2. The van der Waals surface area contributed by atoms with E-state index in [9.17, 15) is 9.18 Å². The molecule has 0 spiro atoms. The molecule has 0 aliphatic carbocycles. The lowest BCUT2D eigenvalue weighted by Gasteiger charge is -2.16. The van der Waals surface area contributed by atoms with Crippen LogP contribution in [-0.2, 0) is 0 Å². The molecule has 6 heteroatoms. The van der Waals surface area contributed by atoms with Crippen molar-refractivity contribution in [2.45, 2.75) is 32.7 Å². The van der Waals surface area contributed by atoms with Crippen molar-refractivity contribution in [3.63, 3.8) is 0 Å². The number of anilines is 1. The monoisotopic (exact) mass is 346 g/mol. The second kappa shape index (κ2) is 8.92. The van der Waals surface area contributed by atoms with Gasteiger partial charge in [-0.05, 0) is 37.1 Å². The molecular formula is C19H23FN2O3. The summed E-state index contributed by atoms with van der Waals surface area (Å²) in [5, 5.41) is 5.67. The Morgan fingerprint density at radius 2 is 1.88 bits per heavy atom. The molecule has 2 aromatic carbocycles. The first-order valence-corrected chi connectivity index (χ1v) is 8.24. The molecule has 0 saturated heterocycles. The van der Waals surface area contributed by atoms with Crippen LogP contribution in [-0.4, -0.2) is 19.2 Å². The van der Waals surface area contributed by atoms with Crippen molar-refractivity contribution in [2.24, 2.45) is 0 Å². The number of methoxy groups -OCH3 is 1. The largest absolute Gasteiger partial charge is 0.493 e. The summed E-state index contributed by atoms with van der Waals surface area (Å²) >= 11 is 0. The zero-order valence-corrected chi connectivity index (χ0v) is 14.6. The quantitative estimate of drug-likeness (QED) is 0.747. The fourth-order valence-corrected chi connectivity index (χ4v) is 2.33. The average Bonchev–Trinajstić information content (AvgIpc) is 2.61. The Labute approximate surface area is 147 Å². The Morgan fingerprint density at radius 1 is 1.12 bits per heavy atom. The first-order valence-electron chi connectivity index (χ1n) is 8.24. The molecule has 0 bridgehead atoms. The molecular weight excluding hydrogens is 323 g/mol. The molecule has 0 aliphatic rings. The maximum absolute atomic E-state index is 13.3. The highest BCUT2D eigenvalue weighted by Gasteiger charge is 2.11. The standard InChI is InChI=1S/C19H23FN2O3/c1-4-14(5-2)21-19(23)22-15-9-10-17(18(12-15)24-3)25-16-8-6-7-13(20)11-16/h6-12,14H,4-5H2,1-3H3,(H2,21,22,23). The predicted molar refractivity (Wildman–Crippen MR) is 96.0 cm³/mol. The van der Waals surface area contributed by atoms with E-state index in [4.69, 9.17) is 9.47 Å². The molecule has 2 aromatic rings. The molecule has 0 atom stereocenters. The lowest BCUT2D eigenvalue weighted by Crippen LogP contribution is -2.37. The summed E-state index contributed by atoms with van der Waals surface area (Å²) in [4.78, 5) is 12.0. The third-order valence-electron chi connectivity index (χ3n) is 3.77. The number of hydrogen-bond donors (Lipinski definition) is 2. The number of urea groups is 1. The van der Waals surface area contributed by atoms with Crippen molar-refractivity contribution in [1.82, 2.24) is 5.32 Å². The molecule has 0 aliphatic heterocycles. The van der Waals surface area contributed by atoms with Gasteiger partial charge in [-0.25, -0.2) is 9.18 Å². The summed E-state index contributed by atoms with van der Waals surface area (Å²) in [6.45, 7) is 4.05. The van der Waals surface area contributed by atoms with Gasteiger partial charge in [-0.3, -0.25) is 0 Å². The van der Waals surface area contributed by atoms with Crippen LogP contribution in [0.25, 0.3) is 0 Å². The van der Waals surface area contributed by atoms with E-state index in [1.54, 1.807) is 30.3 Å². The van der Waals surface area contributed by atoms with Crippen LogP contribution < -0.4 is 20.1 Å². The number of ether oxygens (including phenoxy) is 2. The Hall–Kier alpha value is -2.76. The fraction of sp³-hybridized carbons (Fsp3) is 0.316. The smallest absolute Gasteiger partial charge is 0.319 e. The third kappa shape index (κ3) is 5.38. The van der Waals surface area contributed by atoms with Crippen LogP contribution >= 0.6 is 0 Å². The van der Waals surface area contributed by atoms with E-state index in [-0.39, 0.29) is 17.9 Å². The summed E-state index contributed by atoms with van der Waals surface area (Å²) in [7, 11) is 1.50. The highest BCUT2D eigenvalue weighted by Crippen LogP contribution is 2.34. The zero-order chi connectivity index (χ0) is 18.2. The van der Waals surface area contributed by atoms with Crippen molar-refractivity contribution < 1.29 is 18.7 Å². The van der Waals surface area contributed by atoms with E-state index < -0.39 is 0 Å². The van der Waals surface area contributed by atoms with Crippen molar-refractivity contribution >= 4 is 11.7 Å².